The second-order valence-electron chi connectivity index (χ2n) is 4.47. The number of amides is 1. The Labute approximate surface area is 120 Å². The molecular weight excluding hydrogens is 308 g/mol. The van der Waals surface area contributed by atoms with E-state index in [1.54, 1.807) is 12.3 Å². The van der Waals surface area contributed by atoms with Crippen molar-refractivity contribution in [3.8, 4) is 0 Å². The molecule has 0 aliphatic rings. The van der Waals surface area contributed by atoms with Gasteiger partial charge in [-0.25, -0.2) is 4.98 Å². The summed E-state index contributed by atoms with van der Waals surface area (Å²) in [6, 6.07) is 5.22. The monoisotopic (exact) mass is 322 g/mol. The minimum Gasteiger partial charge on any atom is -0.444 e. The number of carbonyl (C=O) groups is 1. The van der Waals surface area contributed by atoms with Crippen LogP contribution in [0, 0.1) is 13.8 Å². The van der Waals surface area contributed by atoms with E-state index < -0.39 is 0 Å². The standard InChI is InChI=1S/C14H15BrN2O2/c1-8-6-11(4-5-12(8)15)13(18)17-10(3)14-16-7-9(2)19-14/h4-7,10H,1-3H3,(H,17,18). The van der Waals surface area contributed by atoms with Crippen molar-refractivity contribution in [1.82, 2.24) is 10.3 Å². The zero-order valence-electron chi connectivity index (χ0n) is 11.0. The third-order valence-electron chi connectivity index (χ3n) is 2.78. The lowest BCUT2D eigenvalue weighted by atomic mass is 10.1. The summed E-state index contributed by atoms with van der Waals surface area (Å²) in [6.07, 6.45) is 1.64. The Balaban J connectivity index is 2.10. The van der Waals surface area contributed by atoms with Gasteiger partial charge < -0.3 is 9.73 Å². The van der Waals surface area contributed by atoms with Gasteiger partial charge in [-0.15, -0.1) is 0 Å². The molecular formula is C14H15BrN2O2. The Morgan fingerprint density at radius 2 is 2.16 bits per heavy atom. The predicted octanol–water partition coefficient (Wildman–Crippen LogP) is 3.54. The van der Waals surface area contributed by atoms with E-state index >= 15 is 0 Å². The van der Waals surface area contributed by atoms with Crippen molar-refractivity contribution in [2.24, 2.45) is 0 Å². The van der Waals surface area contributed by atoms with Crippen LogP contribution in [0.5, 0.6) is 0 Å². The molecule has 1 heterocycles. The Morgan fingerprint density at radius 3 is 2.74 bits per heavy atom. The first-order chi connectivity index (χ1) is 8.97. The van der Waals surface area contributed by atoms with Crippen LogP contribution < -0.4 is 5.32 Å². The Morgan fingerprint density at radius 1 is 1.42 bits per heavy atom. The molecule has 0 aliphatic carbocycles. The fourth-order valence-corrected chi connectivity index (χ4v) is 1.95. The van der Waals surface area contributed by atoms with Gasteiger partial charge in [0.05, 0.1) is 6.20 Å². The number of hydrogen-bond acceptors (Lipinski definition) is 3. The van der Waals surface area contributed by atoms with Crippen molar-refractivity contribution in [3.05, 3.63) is 51.6 Å². The number of hydrogen-bond donors (Lipinski definition) is 1. The van der Waals surface area contributed by atoms with Crippen LogP contribution in [0.15, 0.2) is 33.3 Å². The minimum atomic E-state index is -0.259. The normalized spacial score (nSPS) is 12.2. The molecule has 0 fully saturated rings. The Bertz CT molecular complexity index is 607. The van der Waals surface area contributed by atoms with Gasteiger partial charge in [-0.2, -0.15) is 0 Å². The van der Waals surface area contributed by atoms with Gasteiger partial charge in [0.2, 0.25) is 5.89 Å². The number of carbonyl (C=O) groups excluding carboxylic acids is 1. The zero-order chi connectivity index (χ0) is 14.0. The third-order valence-corrected chi connectivity index (χ3v) is 3.67. The van der Waals surface area contributed by atoms with Crippen molar-refractivity contribution in [3.63, 3.8) is 0 Å². The molecule has 1 N–H and O–H groups in total. The molecule has 19 heavy (non-hydrogen) atoms. The molecule has 1 unspecified atom stereocenters. The summed E-state index contributed by atoms with van der Waals surface area (Å²) in [5.41, 5.74) is 1.64. The molecule has 1 aromatic carbocycles. The number of oxazole rings is 1. The first-order valence-electron chi connectivity index (χ1n) is 5.96. The van der Waals surface area contributed by atoms with Crippen molar-refractivity contribution < 1.29 is 9.21 Å². The second-order valence-corrected chi connectivity index (χ2v) is 5.32. The lowest BCUT2D eigenvalue weighted by Gasteiger charge is -2.11. The second kappa shape index (κ2) is 5.57. The molecule has 5 heteroatoms. The van der Waals surface area contributed by atoms with Gasteiger partial charge in [0, 0.05) is 10.0 Å². The summed E-state index contributed by atoms with van der Waals surface area (Å²) >= 11 is 3.41. The summed E-state index contributed by atoms with van der Waals surface area (Å²) in [6.45, 7) is 5.61. The zero-order valence-corrected chi connectivity index (χ0v) is 12.6. The quantitative estimate of drug-likeness (QED) is 0.940. The lowest BCUT2D eigenvalue weighted by molar-refractivity contribution is 0.0934. The smallest absolute Gasteiger partial charge is 0.251 e. The van der Waals surface area contributed by atoms with Crippen LogP contribution in [0.1, 0.15) is 40.5 Å². The molecule has 1 aromatic heterocycles. The number of benzene rings is 1. The summed E-state index contributed by atoms with van der Waals surface area (Å²) < 4.78 is 6.38. The summed E-state index contributed by atoms with van der Waals surface area (Å²) in [4.78, 5) is 16.2. The Hall–Kier alpha value is -1.62. The van der Waals surface area contributed by atoms with Crippen LogP contribution in [0.2, 0.25) is 0 Å². The highest BCUT2D eigenvalue weighted by Crippen LogP contribution is 2.18. The molecule has 0 saturated heterocycles. The molecule has 0 saturated carbocycles. The van der Waals surface area contributed by atoms with Crippen LogP contribution in [-0.4, -0.2) is 10.9 Å². The van der Waals surface area contributed by atoms with Crippen molar-refractivity contribution in [1.29, 1.82) is 0 Å². The largest absolute Gasteiger partial charge is 0.444 e. The molecule has 4 nitrogen and oxygen atoms in total. The van der Waals surface area contributed by atoms with Crippen molar-refractivity contribution in [2.45, 2.75) is 26.8 Å². The number of aromatic nitrogens is 1. The van der Waals surface area contributed by atoms with E-state index in [1.807, 2.05) is 32.9 Å². The first kappa shape index (κ1) is 13.8. The van der Waals surface area contributed by atoms with Gasteiger partial charge in [0.1, 0.15) is 11.8 Å². The van der Waals surface area contributed by atoms with E-state index in [0.717, 1.165) is 15.8 Å². The van der Waals surface area contributed by atoms with Crippen LogP contribution in [0.25, 0.3) is 0 Å². The molecule has 1 atom stereocenters. The maximum absolute atomic E-state index is 12.1. The van der Waals surface area contributed by atoms with E-state index in [2.05, 4.69) is 26.2 Å². The van der Waals surface area contributed by atoms with E-state index in [-0.39, 0.29) is 11.9 Å². The topological polar surface area (TPSA) is 55.1 Å². The van der Waals surface area contributed by atoms with Gasteiger partial charge in [0.25, 0.3) is 5.91 Å². The van der Waals surface area contributed by atoms with E-state index in [1.165, 1.54) is 0 Å². The van der Waals surface area contributed by atoms with Gasteiger partial charge in [0.15, 0.2) is 0 Å². The summed E-state index contributed by atoms with van der Waals surface area (Å²) in [5.74, 6) is 1.11. The molecule has 2 aromatic rings. The highest BCUT2D eigenvalue weighted by atomic mass is 79.9. The van der Waals surface area contributed by atoms with E-state index in [0.29, 0.717) is 11.5 Å². The lowest BCUT2D eigenvalue weighted by Crippen LogP contribution is -2.26. The number of rotatable bonds is 3. The summed E-state index contributed by atoms with van der Waals surface area (Å²) in [7, 11) is 0. The van der Waals surface area contributed by atoms with Gasteiger partial charge in [-0.05, 0) is 44.5 Å². The fraction of sp³-hybridized carbons (Fsp3) is 0.286. The van der Waals surface area contributed by atoms with Gasteiger partial charge in [-0.3, -0.25) is 4.79 Å². The summed E-state index contributed by atoms with van der Waals surface area (Å²) in [5, 5.41) is 2.86. The van der Waals surface area contributed by atoms with Crippen molar-refractivity contribution in [2.75, 3.05) is 0 Å². The highest BCUT2D eigenvalue weighted by Gasteiger charge is 2.15. The van der Waals surface area contributed by atoms with Crippen molar-refractivity contribution >= 4 is 21.8 Å². The molecule has 0 radical (unpaired) electrons. The molecule has 2 rings (SSSR count). The van der Waals surface area contributed by atoms with E-state index in [4.69, 9.17) is 4.42 Å². The number of aryl methyl sites for hydroxylation is 2. The number of halogens is 1. The number of nitrogens with zero attached hydrogens (tertiary/aromatic N) is 1. The van der Waals surface area contributed by atoms with Crippen LogP contribution in [0.3, 0.4) is 0 Å². The SMILES string of the molecule is Cc1cnc(C(C)NC(=O)c2ccc(Br)c(C)c2)o1. The van der Waals surface area contributed by atoms with Crippen LogP contribution >= 0.6 is 15.9 Å². The maximum atomic E-state index is 12.1. The minimum absolute atomic E-state index is 0.140. The molecule has 0 aliphatic heterocycles. The Kier molecular flexibility index (Phi) is 4.04. The van der Waals surface area contributed by atoms with Gasteiger partial charge in [-0.1, -0.05) is 15.9 Å². The molecule has 0 bridgehead atoms. The predicted molar refractivity (Wildman–Crippen MR) is 76.0 cm³/mol. The van der Waals surface area contributed by atoms with Crippen LogP contribution in [-0.2, 0) is 0 Å². The molecule has 1 amide bonds. The maximum Gasteiger partial charge on any atom is 0.251 e. The number of nitrogens with one attached hydrogen (secondary N) is 1. The van der Waals surface area contributed by atoms with E-state index in [9.17, 15) is 4.79 Å². The van der Waals surface area contributed by atoms with Crippen LogP contribution in [0.4, 0.5) is 0 Å². The molecule has 0 spiro atoms. The fourth-order valence-electron chi connectivity index (χ4n) is 1.70. The average molecular weight is 323 g/mol. The van der Waals surface area contributed by atoms with Gasteiger partial charge >= 0.3 is 0 Å². The molecule has 100 valence electrons. The third kappa shape index (κ3) is 3.23. The average Bonchev–Trinajstić information content (AvgIpc) is 2.79. The first-order valence-corrected chi connectivity index (χ1v) is 6.76. The highest BCUT2D eigenvalue weighted by molar-refractivity contribution is 9.10.